The highest BCUT2D eigenvalue weighted by Crippen LogP contribution is 2.33. The number of amides is 2. The van der Waals surface area contributed by atoms with Crippen LogP contribution in [-0.2, 0) is 15.7 Å². The highest BCUT2D eigenvalue weighted by molar-refractivity contribution is 6.05. The molecule has 1 saturated heterocycles. The molecule has 0 saturated carbocycles. The number of carbonyl (C=O) groups excluding carboxylic acids is 2. The van der Waals surface area contributed by atoms with Gasteiger partial charge in [0, 0.05) is 12.7 Å². The van der Waals surface area contributed by atoms with Crippen LogP contribution in [0.3, 0.4) is 0 Å². The predicted octanol–water partition coefficient (Wildman–Crippen LogP) is 4.18. The van der Waals surface area contributed by atoms with Crippen LogP contribution in [0.25, 0.3) is 6.08 Å². The topological polar surface area (TPSA) is 62.7 Å². The molecule has 2 aromatic rings. The number of nitrogens with zero attached hydrogens (tertiary/aromatic N) is 3. The van der Waals surface area contributed by atoms with Crippen LogP contribution in [0.4, 0.5) is 33.9 Å². The summed E-state index contributed by atoms with van der Waals surface area (Å²) in [7, 11) is 1.29. The molecule has 30 heavy (non-hydrogen) atoms. The van der Waals surface area contributed by atoms with Crippen LogP contribution < -0.4 is 9.80 Å². The first kappa shape index (κ1) is 21.3. The Hall–Kier alpha value is -3.43. The molecule has 1 atom stereocenters. The maximum Gasteiger partial charge on any atom is 0.416 e. The Morgan fingerprint density at radius 3 is 2.63 bits per heavy atom. The maximum atomic E-state index is 14.4. The Bertz CT molecular complexity index is 1020. The molecule has 3 rings (SSSR count). The fourth-order valence-corrected chi connectivity index (χ4v) is 3.06. The second-order valence-electron chi connectivity index (χ2n) is 6.63. The van der Waals surface area contributed by atoms with E-state index in [0.29, 0.717) is 11.6 Å². The van der Waals surface area contributed by atoms with E-state index in [2.05, 4.69) is 11.6 Å². The van der Waals surface area contributed by atoms with Gasteiger partial charge in [0.1, 0.15) is 18.2 Å². The zero-order chi connectivity index (χ0) is 22.2. The normalized spacial score (nSPS) is 16.4. The molecule has 0 spiro atoms. The SMILES string of the molecule is C=Cc1ccc(N(C)C(=O)[C@@H]2COC(=O)N2c2cc(C(F)(F)F)cc(C)n2)c(F)c1. The van der Waals surface area contributed by atoms with Gasteiger partial charge in [-0.3, -0.25) is 4.79 Å². The van der Waals surface area contributed by atoms with Gasteiger partial charge in [-0.05, 0) is 36.8 Å². The van der Waals surface area contributed by atoms with Crippen LogP contribution in [0.1, 0.15) is 16.8 Å². The van der Waals surface area contributed by atoms with Crippen molar-refractivity contribution in [2.24, 2.45) is 0 Å². The van der Waals surface area contributed by atoms with Crippen LogP contribution in [0.15, 0.2) is 36.9 Å². The van der Waals surface area contributed by atoms with Crippen molar-refractivity contribution < 1.29 is 31.9 Å². The minimum Gasteiger partial charge on any atom is -0.446 e. The van der Waals surface area contributed by atoms with E-state index < -0.39 is 42.2 Å². The van der Waals surface area contributed by atoms with Gasteiger partial charge in [0.2, 0.25) is 0 Å². The molecule has 158 valence electrons. The lowest BCUT2D eigenvalue weighted by atomic mass is 10.1. The van der Waals surface area contributed by atoms with Gasteiger partial charge in [0.05, 0.1) is 11.3 Å². The van der Waals surface area contributed by atoms with Gasteiger partial charge in [-0.1, -0.05) is 18.7 Å². The van der Waals surface area contributed by atoms with Crippen molar-refractivity contribution >= 4 is 29.6 Å². The molecule has 2 heterocycles. The Morgan fingerprint density at radius 2 is 2.03 bits per heavy atom. The lowest BCUT2D eigenvalue weighted by Gasteiger charge is -2.26. The van der Waals surface area contributed by atoms with E-state index in [1.165, 1.54) is 32.2 Å². The lowest BCUT2D eigenvalue weighted by Crippen LogP contribution is -2.47. The van der Waals surface area contributed by atoms with Crippen LogP contribution in [0.2, 0.25) is 0 Å². The number of hydrogen-bond donors (Lipinski definition) is 0. The van der Waals surface area contributed by atoms with E-state index >= 15 is 0 Å². The molecule has 1 aliphatic heterocycles. The second kappa shape index (κ2) is 7.77. The summed E-state index contributed by atoms with van der Waals surface area (Å²) < 4.78 is 58.7. The summed E-state index contributed by atoms with van der Waals surface area (Å²) in [5, 5.41) is 0. The molecule has 1 aromatic carbocycles. The highest BCUT2D eigenvalue weighted by atomic mass is 19.4. The van der Waals surface area contributed by atoms with E-state index in [4.69, 9.17) is 4.74 Å². The first-order chi connectivity index (χ1) is 14.0. The molecule has 1 aromatic heterocycles. The van der Waals surface area contributed by atoms with Gasteiger partial charge in [0.15, 0.2) is 6.04 Å². The average molecular weight is 423 g/mol. The van der Waals surface area contributed by atoms with Gasteiger partial charge in [0.25, 0.3) is 5.91 Å². The summed E-state index contributed by atoms with van der Waals surface area (Å²) in [6.45, 7) is 4.45. The van der Waals surface area contributed by atoms with Gasteiger partial charge in [-0.2, -0.15) is 13.2 Å². The van der Waals surface area contributed by atoms with Crippen LogP contribution in [0.5, 0.6) is 0 Å². The van der Waals surface area contributed by atoms with Crippen LogP contribution >= 0.6 is 0 Å². The average Bonchev–Trinajstić information content (AvgIpc) is 3.07. The number of anilines is 2. The quantitative estimate of drug-likeness (QED) is 0.693. The number of ether oxygens (including phenoxy) is 1. The summed E-state index contributed by atoms with van der Waals surface area (Å²) in [5.74, 6) is -1.82. The fraction of sp³-hybridized carbons (Fsp3) is 0.250. The molecular weight excluding hydrogens is 406 g/mol. The molecule has 0 aliphatic carbocycles. The van der Waals surface area contributed by atoms with Crippen LogP contribution in [0, 0.1) is 12.7 Å². The number of hydrogen-bond acceptors (Lipinski definition) is 4. The number of benzene rings is 1. The number of alkyl halides is 3. The lowest BCUT2D eigenvalue weighted by molar-refractivity contribution is -0.137. The Kier molecular flexibility index (Phi) is 5.51. The number of rotatable bonds is 4. The van der Waals surface area contributed by atoms with Crippen molar-refractivity contribution in [3.63, 3.8) is 0 Å². The monoisotopic (exact) mass is 423 g/mol. The van der Waals surface area contributed by atoms with Crippen LogP contribution in [-0.4, -0.2) is 36.7 Å². The zero-order valence-corrected chi connectivity index (χ0v) is 16.0. The van der Waals surface area contributed by atoms with Crippen molar-refractivity contribution in [1.29, 1.82) is 0 Å². The van der Waals surface area contributed by atoms with Crippen molar-refractivity contribution in [2.45, 2.75) is 19.1 Å². The Balaban J connectivity index is 1.96. The zero-order valence-electron chi connectivity index (χ0n) is 16.0. The number of halogens is 4. The molecule has 0 bridgehead atoms. The molecule has 0 unspecified atom stereocenters. The van der Waals surface area contributed by atoms with E-state index in [0.717, 1.165) is 15.9 Å². The summed E-state index contributed by atoms with van der Waals surface area (Å²) in [6.07, 6.45) is -4.25. The third kappa shape index (κ3) is 3.98. The van der Waals surface area contributed by atoms with Crippen molar-refractivity contribution in [1.82, 2.24) is 4.98 Å². The molecule has 2 amide bonds. The number of likely N-dealkylation sites (N-methyl/N-ethyl adjacent to an activating group) is 1. The smallest absolute Gasteiger partial charge is 0.416 e. The third-order valence-electron chi connectivity index (χ3n) is 4.57. The summed E-state index contributed by atoms with van der Waals surface area (Å²) in [5.41, 5.74) is -0.583. The predicted molar refractivity (Wildman–Crippen MR) is 101 cm³/mol. The number of aromatic nitrogens is 1. The number of cyclic esters (lactones) is 1. The fourth-order valence-electron chi connectivity index (χ4n) is 3.06. The molecule has 0 N–H and O–H groups in total. The van der Waals surface area contributed by atoms with E-state index in [-0.39, 0.29) is 17.2 Å². The molecule has 1 aliphatic rings. The van der Waals surface area contributed by atoms with Gasteiger partial charge < -0.3 is 9.64 Å². The van der Waals surface area contributed by atoms with E-state index in [9.17, 15) is 27.2 Å². The minimum atomic E-state index is -4.67. The second-order valence-corrected chi connectivity index (χ2v) is 6.63. The molecule has 1 fully saturated rings. The number of pyridine rings is 1. The number of carbonyl (C=O) groups is 2. The first-order valence-electron chi connectivity index (χ1n) is 8.74. The van der Waals surface area contributed by atoms with Crippen molar-refractivity contribution in [3.05, 3.63) is 59.5 Å². The third-order valence-corrected chi connectivity index (χ3v) is 4.57. The summed E-state index contributed by atoms with van der Waals surface area (Å²) in [4.78, 5) is 30.8. The molecule has 0 radical (unpaired) electrons. The van der Waals surface area contributed by atoms with Gasteiger partial charge in [-0.15, -0.1) is 0 Å². The molecule has 6 nitrogen and oxygen atoms in total. The molecular formula is C20H17F4N3O3. The maximum absolute atomic E-state index is 14.4. The first-order valence-corrected chi connectivity index (χ1v) is 8.74. The standard InChI is InChI=1S/C20H17F4N3O3/c1-4-12-5-6-15(14(21)8-12)26(3)18(28)16-10-30-19(29)27(16)17-9-13(20(22,23)24)7-11(2)25-17/h4-9,16H,1,10H2,2-3H3/t16-/m0/s1. The minimum absolute atomic E-state index is 0.00476. The van der Waals surface area contributed by atoms with Crippen molar-refractivity contribution in [2.75, 3.05) is 23.5 Å². The Morgan fingerprint density at radius 1 is 1.33 bits per heavy atom. The Labute approximate surface area is 169 Å². The largest absolute Gasteiger partial charge is 0.446 e. The molecule has 10 heteroatoms. The summed E-state index contributed by atoms with van der Waals surface area (Å²) in [6, 6.07) is 4.26. The van der Waals surface area contributed by atoms with Crippen molar-refractivity contribution in [3.8, 4) is 0 Å². The van der Waals surface area contributed by atoms with E-state index in [1.807, 2.05) is 0 Å². The van der Waals surface area contributed by atoms with Gasteiger partial charge >= 0.3 is 12.3 Å². The summed E-state index contributed by atoms with van der Waals surface area (Å²) >= 11 is 0. The van der Waals surface area contributed by atoms with E-state index in [1.54, 1.807) is 6.07 Å². The number of aryl methyl sites for hydroxylation is 1. The van der Waals surface area contributed by atoms with Gasteiger partial charge in [-0.25, -0.2) is 19.1 Å². The highest BCUT2D eigenvalue weighted by Gasteiger charge is 2.43.